The molecule has 1 aromatic heterocycles. The molecular weight excluding hydrogens is 366 g/mol. The molecule has 0 aliphatic rings. The van der Waals surface area contributed by atoms with Gasteiger partial charge in [0.1, 0.15) is 17.1 Å². The Hall–Kier alpha value is -1.91. The first kappa shape index (κ1) is 20.8. The number of thioether (sulfide) groups is 1. The fourth-order valence-electron chi connectivity index (χ4n) is 3.22. The van der Waals surface area contributed by atoms with Crippen molar-refractivity contribution in [3.05, 3.63) is 65.4 Å². The molecule has 1 heterocycles. The molecule has 0 amide bonds. The monoisotopic (exact) mass is 397 g/mol. The second-order valence-corrected chi connectivity index (χ2v) is 8.48. The van der Waals surface area contributed by atoms with Gasteiger partial charge in [-0.25, -0.2) is 0 Å². The smallest absolute Gasteiger partial charge is 0.138 e. The van der Waals surface area contributed by atoms with Gasteiger partial charge in [0, 0.05) is 11.6 Å². The summed E-state index contributed by atoms with van der Waals surface area (Å²) >= 11 is 1.92. The van der Waals surface area contributed by atoms with Crippen molar-refractivity contribution >= 4 is 22.7 Å². The maximum absolute atomic E-state index is 6.14. The highest BCUT2D eigenvalue weighted by molar-refractivity contribution is 7.98. The highest BCUT2D eigenvalue weighted by Gasteiger charge is 2.14. The van der Waals surface area contributed by atoms with E-state index in [1.165, 1.54) is 11.1 Å². The van der Waals surface area contributed by atoms with Gasteiger partial charge in [0.15, 0.2) is 0 Å². The van der Waals surface area contributed by atoms with Crippen LogP contribution < -0.4 is 10.1 Å². The Morgan fingerprint density at radius 2 is 1.89 bits per heavy atom. The van der Waals surface area contributed by atoms with E-state index in [4.69, 9.17) is 9.15 Å². The van der Waals surface area contributed by atoms with E-state index in [2.05, 4.69) is 56.4 Å². The predicted molar refractivity (Wildman–Crippen MR) is 121 cm³/mol. The molecular formula is C24H31NO2S. The van der Waals surface area contributed by atoms with Gasteiger partial charge in [-0.2, -0.15) is 11.8 Å². The third-order valence-corrected chi connectivity index (χ3v) is 5.72. The van der Waals surface area contributed by atoms with E-state index in [0.29, 0.717) is 12.6 Å². The summed E-state index contributed by atoms with van der Waals surface area (Å²) < 4.78 is 12.2. The van der Waals surface area contributed by atoms with Crippen LogP contribution in [0.3, 0.4) is 0 Å². The summed E-state index contributed by atoms with van der Waals surface area (Å²) in [6.07, 6.45) is 2.08. The van der Waals surface area contributed by atoms with Crippen LogP contribution in [-0.4, -0.2) is 24.9 Å². The SMILES string of the molecule is Cc1c(CSCCc2ccccc2)oc2cccc(OCCCNC(C)C)c12. The highest BCUT2D eigenvalue weighted by atomic mass is 32.2. The van der Waals surface area contributed by atoms with E-state index in [1.54, 1.807) is 0 Å². The first-order chi connectivity index (χ1) is 13.6. The molecule has 3 nitrogen and oxygen atoms in total. The minimum Gasteiger partial charge on any atom is -0.493 e. The molecule has 1 N–H and O–H groups in total. The van der Waals surface area contributed by atoms with E-state index >= 15 is 0 Å². The van der Waals surface area contributed by atoms with Crippen LogP contribution in [0, 0.1) is 6.92 Å². The number of benzene rings is 2. The van der Waals surface area contributed by atoms with E-state index < -0.39 is 0 Å². The first-order valence-electron chi connectivity index (χ1n) is 10.1. The Labute approximate surface area is 172 Å². The lowest BCUT2D eigenvalue weighted by molar-refractivity contribution is 0.309. The van der Waals surface area contributed by atoms with E-state index in [0.717, 1.165) is 53.4 Å². The summed E-state index contributed by atoms with van der Waals surface area (Å²) in [6.45, 7) is 8.16. The van der Waals surface area contributed by atoms with Crippen LogP contribution in [0.25, 0.3) is 11.0 Å². The molecule has 0 saturated carbocycles. The number of rotatable bonds is 11. The topological polar surface area (TPSA) is 34.4 Å². The standard InChI is InChI=1S/C24H31NO2S/c1-18(2)25-14-8-15-26-21-11-7-12-22-24(21)19(3)23(27-22)17-28-16-13-20-9-5-4-6-10-20/h4-7,9-12,18,25H,8,13-17H2,1-3H3. The largest absolute Gasteiger partial charge is 0.493 e. The van der Waals surface area contributed by atoms with E-state index in [-0.39, 0.29) is 0 Å². The summed E-state index contributed by atoms with van der Waals surface area (Å²) in [7, 11) is 0. The summed E-state index contributed by atoms with van der Waals surface area (Å²) in [4.78, 5) is 0. The van der Waals surface area contributed by atoms with E-state index in [1.807, 2.05) is 30.0 Å². The average molecular weight is 398 g/mol. The van der Waals surface area contributed by atoms with Gasteiger partial charge >= 0.3 is 0 Å². The van der Waals surface area contributed by atoms with Gasteiger partial charge < -0.3 is 14.5 Å². The van der Waals surface area contributed by atoms with Crippen molar-refractivity contribution in [3.63, 3.8) is 0 Å². The highest BCUT2D eigenvalue weighted by Crippen LogP contribution is 2.34. The lowest BCUT2D eigenvalue weighted by Gasteiger charge is -2.10. The zero-order valence-electron chi connectivity index (χ0n) is 17.2. The number of nitrogens with one attached hydrogen (secondary N) is 1. The molecule has 3 aromatic rings. The summed E-state index contributed by atoms with van der Waals surface area (Å²) in [5.74, 6) is 3.98. The average Bonchev–Trinajstić information content (AvgIpc) is 3.02. The molecule has 0 spiro atoms. The molecule has 0 saturated heterocycles. The Morgan fingerprint density at radius 1 is 1.07 bits per heavy atom. The molecule has 0 atom stereocenters. The Morgan fingerprint density at radius 3 is 2.68 bits per heavy atom. The van der Waals surface area contributed by atoms with Crippen LogP contribution in [0.4, 0.5) is 0 Å². The lowest BCUT2D eigenvalue weighted by atomic mass is 10.1. The minimum absolute atomic E-state index is 0.515. The fourth-order valence-corrected chi connectivity index (χ4v) is 4.20. The molecule has 0 unspecified atom stereocenters. The zero-order chi connectivity index (χ0) is 19.8. The number of ether oxygens (including phenoxy) is 1. The van der Waals surface area contributed by atoms with Crippen molar-refractivity contribution in [2.75, 3.05) is 18.9 Å². The third kappa shape index (κ3) is 5.79. The Kier molecular flexibility index (Phi) is 7.87. The van der Waals surface area contributed by atoms with Gasteiger partial charge in [-0.3, -0.25) is 0 Å². The Balaban J connectivity index is 1.56. The van der Waals surface area contributed by atoms with Gasteiger partial charge in [-0.05, 0) is 49.8 Å². The molecule has 150 valence electrons. The van der Waals surface area contributed by atoms with Crippen LogP contribution in [0.1, 0.15) is 37.2 Å². The minimum atomic E-state index is 0.515. The number of hydrogen-bond donors (Lipinski definition) is 1. The van der Waals surface area contributed by atoms with Gasteiger partial charge in [-0.15, -0.1) is 0 Å². The molecule has 28 heavy (non-hydrogen) atoms. The molecule has 2 aromatic carbocycles. The number of furan rings is 1. The second-order valence-electron chi connectivity index (χ2n) is 7.38. The van der Waals surface area contributed by atoms with E-state index in [9.17, 15) is 0 Å². The number of fused-ring (bicyclic) bond motifs is 1. The fraction of sp³-hybridized carbons (Fsp3) is 0.417. The quantitative estimate of drug-likeness (QED) is 0.403. The van der Waals surface area contributed by atoms with Crippen LogP contribution in [0.5, 0.6) is 5.75 Å². The Bertz CT molecular complexity index is 858. The molecule has 0 bridgehead atoms. The predicted octanol–water partition coefficient (Wildman–Crippen LogP) is 5.98. The molecule has 0 radical (unpaired) electrons. The molecule has 0 aliphatic heterocycles. The summed E-state index contributed by atoms with van der Waals surface area (Å²) in [5.41, 5.74) is 3.52. The van der Waals surface area contributed by atoms with Gasteiger partial charge in [-0.1, -0.05) is 50.2 Å². The van der Waals surface area contributed by atoms with Crippen molar-refractivity contribution in [2.24, 2.45) is 0 Å². The van der Waals surface area contributed by atoms with Gasteiger partial charge in [0.05, 0.1) is 17.7 Å². The van der Waals surface area contributed by atoms with Crippen molar-refractivity contribution in [1.29, 1.82) is 0 Å². The van der Waals surface area contributed by atoms with Crippen molar-refractivity contribution in [2.45, 2.75) is 45.4 Å². The number of aryl methyl sites for hydroxylation is 2. The maximum Gasteiger partial charge on any atom is 0.138 e. The summed E-state index contributed by atoms with van der Waals surface area (Å²) in [6, 6.07) is 17.3. The molecule has 0 aliphatic carbocycles. The van der Waals surface area contributed by atoms with Crippen LogP contribution in [0.15, 0.2) is 52.9 Å². The number of hydrogen-bond acceptors (Lipinski definition) is 4. The molecule has 4 heteroatoms. The van der Waals surface area contributed by atoms with Gasteiger partial charge in [0.2, 0.25) is 0 Å². The molecule has 0 fully saturated rings. The first-order valence-corrected chi connectivity index (χ1v) is 11.3. The van der Waals surface area contributed by atoms with Crippen molar-refractivity contribution in [1.82, 2.24) is 5.32 Å². The van der Waals surface area contributed by atoms with Crippen LogP contribution >= 0.6 is 11.8 Å². The normalized spacial score (nSPS) is 11.4. The van der Waals surface area contributed by atoms with Gasteiger partial charge in [0.25, 0.3) is 0 Å². The molecule has 3 rings (SSSR count). The third-order valence-electron chi connectivity index (χ3n) is 4.76. The van der Waals surface area contributed by atoms with Crippen LogP contribution in [-0.2, 0) is 12.2 Å². The van der Waals surface area contributed by atoms with Crippen molar-refractivity contribution < 1.29 is 9.15 Å². The van der Waals surface area contributed by atoms with Crippen molar-refractivity contribution in [3.8, 4) is 5.75 Å². The van der Waals surface area contributed by atoms with Crippen LogP contribution in [0.2, 0.25) is 0 Å². The zero-order valence-corrected chi connectivity index (χ0v) is 18.0. The summed E-state index contributed by atoms with van der Waals surface area (Å²) in [5, 5.41) is 4.55. The lowest BCUT2D eigenvalue weighted by Crippen LogP contribution is -2.24. The maximum atomic E-state index is 6.14. The second kappa shape index (κ2) is 10.6.